The number of hydrogen-bond donors (Lipinski definition) is 0. The van der Waals surface area contributed by atoms with Gasteiger partial charge in [-0.25, -0.2) is 0 Å². The molecule has 24 heavy (non-hydrogen) atoms. The van der Waals surface area contributed by atoms with Crippen LogP contribution in [0.2, 0.25) is 5.02 Å². The number of nitro benzene ring substituents is 1. The Hall–Kier alpha value is -2.60. The third-order valence-electron chi connectivity index (χ3n) is 3.25. The van der Waals surface area contributed by atoms with E-state index in [1.165, 1.54) is 18.2 Å². The molecule has 0 fully saturated rings. The van der Waals surface area contributed by atoms with E-state index in [0.29, 0.717) is 17.9 Å². The molecule has 0 aliphatic heterocycles. The first-order valence-corrected chi connectivity index (χ1v) is 7.67. The lowest BCUT2D eigenvalue weighted by molar-refractivity contribution is -0.384. The van der Waals surface area contributed by atoms with Crippen molar-refractivity contribution in [3.8, 4) is 11.5 Å². The smallest absolute Gasteiger partial charge is 0.271 e. The number of nitrogens with zero attached hydrogens (tertiary/aromatic N) is 1. The molecular weight excluding hydrogens is 334 g/mol. The highest BCUT2D eigenvalue weighted by atomic mass is 35.5. The summed E-state index contributed by atoms with van der Waals surface area (Å²) < 4.78 is 10.9. The summed E-state index contributed by atoms with van der Waals surface area (Å²) in [6.07, 6.45) is -0.790. The second-order valence-corrected chi connectivity index (χ2v) is 5.36. The monoisotopic (exact) mass is 349 g/mol. The molecule has 126 valence electrons. The number of ketones is 1. The predicted octanol–water partition coefficient (Wildman–Crippen LogP) is 4.30. The highest BCUT2D eigenvalue weighted by molar-refractivity contribution is 6.32. The molecular formula is C17H16ClNO5. The van der Waals surface area contributed by atoms with Crippen LogP contribution < -0.4 is 9.47 Å². The van der Waals surface area contributed by atoms with Crippen LogP contribution in [0.5, 0.6) is 11.5 Å². The molecule has 0 aliphatic rings. The van der Waals surface area contributed by atoms with Gasteiger partial charge in [-0.1, -0.05) is 11.6 Å². The molecule has 0 saturated heterocycles. The fourth-order valence-corrected chi connectivity index (χ4v) is 2.28. The van der Waals surface area contributed by atoms with Gasteiger partial charge in [0.2, 0.25) is 5.78 Å². The van der Waals surface area contributed by atoms with Gasteiger partial charge in [0.1, 0.15) is 11.5 Å². The molecule has 2 aromatic carbocycles. The molecule has 0 unspecified atom stereocenters. The van der Waals surface area contributed by atoms with E-state index in [0.717, 1.165) is 0 Å². The minimum atomic E-state index is -0.790. The van der Waals surface area contributed by atoms with E-state index in [1.807, 2.05) is 6.92 Å². The number of ether oxygens (including phenoxy) is 2. The van der Waals surface area contributed by atoms with Crippen molar-refractivity contribution in [3.63, 3.8) is 0 Å². The Kier molecular flexibility index (Phi) is 5.76. The molecule has 7 heteroatoms. The fourth-order valence-electron chi connectivity index (χ4n) is 2.06. The van der Waals surface area contributed by atoms with Crippen LogP contribution in [0, 0.1) is 10.1 Å². The van der Waals surface area contributed by atoms with E-state index in [4.69, 9.17) is 21.1 Å². The maximum atomic E-state index is 12.4. The number of nitro groups is 1. The van der Waals surface area contributed by atoms with Gasteiger partial charge in [0.25, 0.3) is 5.69 Å². The molecule has 0 aromatic heterocycles. The van der Waals surface area contributed by atoms with Crippen LogP contribution in [0.15, 0.2) is 42.5 Å². The largest absolute Gasteiger partial charge is 0.494 e. The zero-order chi connectivity index (χ0) is 17.7. The molecule has 1 atom stereocenters. The third kappa shape index (κ3) is 4.23. The van der Waals surface area contributed by atoms with E-state index in [1.54, 1.807) is 31.2 Å². The first-order chi connectivity index (χ1) is 11.4. The number of Topliss-reactive ketones (excluding diaryl/α,β-unsaturated/α-hetero) is 1. The standard InChI is InChI=1S/C17H16ClNO5/c1-3-23-14-7-4-12(5-8-14)17(20)11(2)24-16-9-6-13(19(21)22)10-15(16)18/h4-11H,3H2,1-2H3/t11-/m0/s1. The molecule has 0 spiro atoms. The molecule has 0 saturated carbocycles. The molecule has 2 rings (SSSR count). The molecule has 0 bridgehead atoms. The maximum absolute atomic E-state index is 12.4. The van der Waals surface area contributed by atoms with Gasteiger partial charge in [-0.05, 0) is 44.2 Å². The van der Waals surface area contributed by atoms with Crippen LogP contribution in [-0.4, -0.2) is 23.4 Å². The maximum Gasteiger partial charge on any atom is 0.271 e. The Bertz CT molecular complexity index is 745. The molecule has 0 N–H and O–H groups in total. The van der Waals surface area contributed by atoms with Gasteiger partial charge in [-0.15, -0.1) is 0 Å². The van der Waals surface area contributed by atoms with E-state index in [-0.39, 0.29) is 22.2 Å². The topological polar surface area (TPSA) is 78.7 Å². The van der Waals surface area contributed by atoms with Gasteiger partial charge >= 0.3 is 0 Å². The number of rotatable bonds is 7. The fraction of sp³-hybridized carbons (Fsp3) is 0.235. The average molecular weight is 350 g/mol. The van der Waals surface area contributed by atoms with Gasteiger partial charge in [-0.3, -0.25) is 14.9 Å². The van der Waals surface area contributed by atoms with Crippen LogP contribution in [0.3, 0.4) is 0 Å². The van der Waals surface area contributed by atoms with Crippen LogP contribution in [0.4, 0.5) is 5.69 Å². The molecule has 2 aromatic rings. The van der Waals surface area contributed by atoms with Gasteiger partial charge in [0, 0.05) is 17.7 Å². The lowest BCUT2D eigenvalue weighted by atomic mass is 10.1. The molecule has 0 radical (unpaired) electrons. The quantitative estimate of drug-likeness (QED) is 0.423. The lowest BCUT2D eigenvalue weighted by Crippen LogP contribution is -2.24. The minimum absolute atomic E-state index is 0.0792. The normalized spacial score (nSPS) is 11.6. The van der Waals surface area contributed by atoms with Gasteiger partial charge in [0.15, 0.2) is 6.10 Å². The van der Waals surface area contributed by atoms with Crippen LogP contribution in [0.25, 0.3) is 0 Å². The number of hydrogen-bond acceptors (Lipinski definition) is 5. The van der Waals surface area contributed by atoms with Gasteiger partial charge in [-0.2, -0.15) is 0 Å². The minimum Gasteiger partial charge on any atom is -0.494 e. The zero-order valence-corrected chi connectivity index (χ0v) is 13.9. The molecule has 0 amide bonds. The second-order valence-electron chi connectivity index (χ2n) is 4.95. The lowest BCUT2D eigenvalue weighted by Gasteiger charge is -2.15. The Morgan fingerprint density at radius 2 is 1.92 bits per heavy atom. The Labute approximate surface area is 144 Å². The van der Waals surface area contributed by atoms with E-state index in [9.17, 15) is 14.9 Å². The Morgan fingerprint density at radius 1 is 1.25 bits per heavy atom. The summed E-state index contributed by atoms with van der Waals surface area (Å²) in [5.74, 6) is 0.669. The van der Waals surface area contributed by atoms with Crippen molar-refractivity contribution in [2.45, 2.75) is 20.0 Å². The second kappa shape index (κ2) is 7.79. The summed E-state index contributed by atoms with van der Waals surface area (Å²) in [6, 6.07) is 10.6. The van der Waals surface area contributed by atoms with Crippen LogP contribution >= 0.6 is 11.6 Å². The van der Waals surface area contributed by atoms with Crippen LogP contribution in [-0.2, 0) is 0 Å². The summed E-state index contributed by atoms with van der Waals surface area (Å²) in [4.78, 5) is 22.5. The van der Waals surface area contributed by atoms with Crippen molar-refractivity contribution in [1.82, 2.24) is 0 Å². The van der Waals surface area contributed by atoms with Crippen LogP contribution in [0.1, 0.15) is 24.2 Å². The number of carbonyl (C=O) groups excluding carboxylic acids is 1. The number of halogens is 1. The van der Waals surface area contributed by atoms with Crippen molar-refractivity contribution in [1.29, 1.82) is 0 Å². The molecule has 0 aliphatic carbocycles. The van der Waals surface area contributed by atoms with Crippen molar-refractivity contribution in [2.24, 2.45) is 0 Å². The van der Waals surface area contributed by atoms with E-state index >= 15 is 0 Å². The SMILES string of the molecule is CCOc1ccc(C(=O)[C@H](C)Oc2ccc([N+](=O)[O-])cc2Cl)cc1. The highest BCUT2D eigenvalue weighted by Crippen LogP contribution is 2.29. The van der Waals surface area contributed by atoms with Crippen molar-refractivity contribution in [2.75, 3.05) is 6.61 Å². The first kappa shape index (κ1) is 17.7. The number of non-ortho nitro benzene ring substituents is 1. The Balaban J connectivity index is 2.09. The summed E-state index contributed by atoms with van der Waals surface area (Å²) in [6.45, 7) is 4.02. The van der Waals surface area contributed by atoms with Gasteiger partial charge in [0.05, 0.1) is 16.6 Å². The third-order valence-corrected chi connectivity index (χ3v) is 3.54. The highest BCUT2D eigenvalue weighted by Gasteiger charge is 2.19. The molecule has 6 nitrogen and oxygen atoms in total. The summed E-state index contributed by atoms with van der Waals surface area (Å²) in [5.41, 5.74) is 0.335. The molecule has 0 heterocycles. The number of carbonyl (C=O) groups is 1. The zero-order valence-electron chi connectivity index (χ0n) is 13.2. The summed E-state index contributed by atoms with van der Waals surface area (Å²) in [7, 11) is 0. The Morgan fingerprint density at radius 3 is 2.46 bits per heavy atom. The average Bonchev–Trinajstić information content (AvgIpc) is 2.56. The first-order valence-electron chi connectivity index (χ1n) is 7.30. The van der Waals surface area contributed by atoms with Crippen molar-refractivity contribution in [3.05, 3.63) is 63.2 Å². The summed E-state index contributed by atoms with van der Waals surface area (Å²) >= 11 is 5.97. The van der Waals surface area contributed by atoms with Crippen molar-refractivity contribution < 1.29 is 19.2 Å². The summed E-state index contributed by atoms with van der Waals surface area (Å²) in [5, 5.41) is 10.8. The van der Waals surface area contributed by atoms with E-state index in [2.05, 4.69) is 0 Å². The van der Waals surface area contributed by atoms with E-state index < -0.39 is 11.0 Å². The van der Waals surface area contributed by atoms with Crippen molar-refractivity contribution >= 4 is 23.1 Å². The van der Waals surface area contributed by atoms with Gasteiger partial charge < -0.3 is 9.47 Å². The predicted molar refractivity (Wildman–Crippen MR) is 90.1 cm³/mol. The number of benzene rings is 2.